The van der Waals surface area contributed by atoms with Crippen LogP contribution in [0.4, 0.5) is 0 Å². The molecule has 0 atom stereocenters. The zero-order chi connectivity index (χ0) is 12.0. The van der Waals surface area contributed by atoms with Crippen LogP contribution in [0.15, 0.2) is 30.3 Å². The van der Waals surface area contributed by atoms with Gasteiger partial charge in [-0.05, 0) is 36.0 Å². The third-order valence-corrected chi connectivity index (χ3v) is 2.45. The number of hydrogen-bond acceptors (Lipinski definition) is 1. The van der Waals surface area contributed by atoms with E-state index in [1.165, 1.54) is 11.6 Å². The first-order valence-electron chi connectivity index (χ1n) is 5.58. The summed E-state index contributed by atoms with van der Waals surface area (Å²) < 4.78 is 0. The lowest BCUT2D eigenvalue weighted by Gasteiger charge is -2.07. The van der Waals surface area contributed by atoms with Gasteiger partial charge in [-0.1, -0.05) is 38.1 Å². The summed E-state index contributed by atoms with van der Waals surface area (Å²) in [5.41, 5.74) is 2.22. The van der Waals surface area contributed by atoms with E-state index in [0.29, 0.717) is 5.92 Å². The van der Waals surface area contributed by atoms with E-state index in [-0.39, 0.29) is 0 Å². The second kappa shape index (κ2) is 6.11. The molecule has 1 rings (SSSR count). The summed E-state index contributed by atoms with van der Waals surface area (Å²) in [5, 5.41) is 8.60. The molecule has 0 fully saturated rings. The van der Waals surface area contributed by atoms with Crippen molar-refractivity contribution in [3.05, 3.63) is 41.5 Å². The van der Waals surface area contributed by atoms with Crippen molar-refractivity contribution >= 4 is 12.0 Å². The van der Waals surface area contributed by atoms with Crippen LogP contribution in [-0.2, 0) is 11.2 Å². The van der Waals surface area contributed by atoms with Gasteiger partial charge in [-0.3, -0.25) is 0 Å². The number of aliphatic carboxylic acids is 1. The lowest BCUT2D eigenvalue weighted by Crippen LogP contribution is -1.95. The first kappa shape index (κ1) is 12.5. The molecule has 16 heavy (non-hydrogen) atoms. The Morgan fingerprint density at radius 1 is 1.38 bits per heavy atom. The summed E-state index contributed by atoms with van der Waals surface area (Å²) in [7, 11) is 0. The van der Waals surface area contributed by atoms with Crippen LogP contribution in [0.5, 0.6) is 0 Å². The number of carboxylic acids is 1. The Kier molecular flexibility index (Phi) is 4.77. The van der Waals surface area contributed by atoms with Gasteiger partial charge in [0.2, 0.25) is 0 Å². The Morgan fingerprint density at radius 3 is 2.69 bits per heavy atom. The molecule has 0 aliphatic heterocycles. The molecule has 0 aliphatic carbocycles. The summed E-state index contributed by atoms with van der Waals surface area (Å²) in [6.45, 7) is 4.38. The summed E-state index contributed by atoms with van der Waals surface area (Å²) in [5.74, 6) is -0.241. The van der Waals surface area contributed by atoms with Crippen molar-refractivity contribution in [2.75, 3.05) is 0 Å². The van der Waals surface area contributed by atoms with Crippen LogP contribution in [0.1, 0.15) is 31.4 Å². The van der Waals surface area contributed by atoms with Gasteiger partial charge in [0.1, 0.15) is 0 Å². The molecule has 0 unspecified atom stereocenters. The van der Waals surface area contributed by atoms with Crippen LogP contribution < -0.4 is 0 Å². The monoisotopic (exact) mass is 218 g/mol. The van der Waals surface area contributed by atoms with E-state index in [4.69, 9.17) is 5.11 Å². The molecular formula is C14H18O2. The number of aryl methyl sites for hydroxylation is 1. The lowest BCUT2D eigenvalue weighted by molar-refractivity contribution is -0.131. The van der Waals surface area contributed by atoms with E-state index >= 15 is 0 Å². The smallest absolute Gasteiger partial charge is 0.328 e. The Bertz CT molecular complexity index is 378. The minimum absolute atomic E-state index is 0.663. The Labute approximate surface area is 96.6 Å². The predicted octanol–water partition coefficient (Wildman–Crippen LogP) is 3.37. The Hall–Kier alpha value is -1.57. The maximum atomic E-state index is 10.5. The maximum Gasteiger partial charge on any atom is 0.328 e. The van der Waals surface area contributed by atoms with Crippen LogP contribution in [0, 0.1) is 5.92 Å². The summed E-state index contributed by atoms with van der Waals surface area (Å²) in [4.78, 5) is 10.5. The summed E-state index contributed by atoms with van der Waals surface area (Å²) >= 11 is 0. The van der Waals surface area contributed by atoms with Crippen LogP contribution in [-0.4, -0.2) is 11.1 Å². The molecule has 1 aromatic carbocycles. The minimum Gasteiger partial charge on any atom is -0.478 e. The van der Waals surface area contributed by atoms with Crippen molar-refractivity contribution < 1.29 is 9.90 Å². The predicted molar refractivity (Wildman–Crippen MR) is 66.3 cm³/mol. The standard InChI is InChI=1S/C14H18O2/c1-11(2)7-8-12-5-3-4-6-13(12)9-10-14(15)16/h3-6,9-11H,7-8H2,1-2H3,(H,15,16)/b10-9+. The van der Waals surface area contributed by atoms with Crippen molar-refractivity contribution in [2.24, 2.45) is 5.92 Å². The largest absolute Gasteiger partial charge is 0.478 e. The quantitative estimate of drug-likeness (QED) is 0.769. The fourth-order valence-electron chi connectivity index (χ4n) is 1.53. The number of benzene rings is 1. The molecule has 86 valence electrons. The molecule has 0 amide bonds. The minimum atomic E-state index is -0.904. The normalized spacial score (nSPS) is 11.2. The highest BCUT2D eigenvalue weighted by Gasteiger charge is 2.01. The molecular weight excluding hydrogens is 200 g/mol. The van der Waals surface area contributed by atoms with E-state index in [0.717, 1.165) is 18.4 Å². The number of carboxylic acid groups (broad SMARTS) is 1. The molecule has 2 nitrogen and oxygen atoms in total. The molecule has 0 spiro atoms. The van der Waals surface area contributed by atoms with Gasteiger partial charge >= 0.3 is 5.97 Å². The molecule has 2 heteroatoms. The fraction of sp³-hybridized carbons (Fsp3) is 0.357. The first-order chi connectivity index (χ1) is 7.59. The number of hydrogen-bond donors (Lipinski definition) is 1. The third kappa shape index (κ3) is 4.30. The first-order valence-corrected chi connectivity index (χ1v) is 5.58. The van der Waals surface area contributed by atoms with Gasteiger partial charge < -0.3 is 5.11 Å². The average molecular weight is 218 g/mol. The summed E-state index contributed by atoms with van der Waals surface area (Å²) in [6, 6.07) is 7.94. The third-order valence-electron chi connectivity index (χ3n) is 2.45. The second-order valence-corrected chi connectivity index (χ2v) is 4.30. The maximum absolute atomic E-state index is 10.5. The van der Waals surface area contributed by atoms with Gasteiger partial charge in [-0.15, -0.1) is 0 Å². The lowest BCUT2D eigenvalue weighted by atomic mass is 9.98. The van der Waals surface area contributed by atoms with Crippen LogP contribution in [0.25, 0.3) is 6.08 Å². The van der Waals surface area contributed by atoms with Crippen molar-refractivity contribution in [3.8, 4) is 0 Å². The molecule has 0 heterocycles. The van der Waals surface area contributed by atoms with Gasteiger partial charge in [0.05, 0.1) is 0 Å². The molecule has 0 saturated heterocycles. The number of rotatable bonds is 5. The average Bonchev–Trinajstić information content (AvgIpc) is 2.24. The van der Waals surface area contributed by atoms with Crippen LogP contribution in [0.2, 0.25) is 0 Å². The summed E-state index contributed by atoms with van der Waals surface area (Å²) in [6.07, 6.45) is 4.97. The Balaban J connectivity index is 2.79. The Morgan fingerprint density at radius 2 is 2.06 bits per heavy atom. The van der Waals surface area contributed by atoms with E-state index in [2.05, 4.69) is 19.9 Å². The van der Waals surface area contributed by atoms with E-state index in [1.54, 1.807) is 6.08 Å². The van der Waals surface area contributed by atoms with Gasteiger partial charge in [-0.2, -0.15) is 0 Å². The zero-order valence-corrected chi connectivity index (χ0v) is 9.81. The molecule has 0 radical (unpaired) electrons. The highest BCUT2D eigenvalue weighted by atomic mass is 16.4. The second-order valence-electron chi connectivity index (χ2n) is 4.30. The van der Waals surface area contributed by atoms with E-state index in [9.17, 15) is 4.79 Å². The van der Waals surface area contributed by atoms with Gasteiger partial charge in [0, 0.05) is 6.08 Å². The van der Waals surface area contributed by atoms with Crippen LogP contribution >= 0.6 is 0 Å². The molecule has 0 bridgehead atoms. The van der Waals surface area contributed by atoms with Crippen molar-refractivity contribution in [1.29, 1.82) is 0 Å². The molecule has 1 aromatic rings. The molecule has 1 N–H and O–H groups in total. The van der Waals surface area contributed by atoms with Crippen molar-refractivity contribution in [2.45, 2.75) is 26.7 Å². The highest BCUT2D eigenvalue weighted by Crippen LogP contribution is 2.15. The molecule has 0 aliphatic rings. The van der Waals surface area contributed by atoms with Gasteiger partial charge in [0.15, 0.2) is 0 Å². The van der Waals surface area contributed by atoms with Crippen LogP contribution in [0.3, 0.4) is 0 Å². The van der Waals surface area contributed by atoms with Gasteiger partial charge in [-0.25, -0.2) is 4.79 Å². The van der Waals surface area contributed by atoms with E-state index in [1.807, 2.05) is 18.2 Å². The molecule has 0 saturated carbocycles. The van der Waals surface area contributed by atoms with Crippen molar-refractivity contribution in [1.82, 2.24) is 0 Å². The molecule has 0 aromatic heterocycles. The zero-order valence-electron chi connectivity index (χ0n) is 9.81. The fourth-order valence-corrected chi connectivity index (χ4v) is 1.53. The topological polar surface area (TPSA) is 37.3 Å². The van der Waals surface area contributed by atoms with Crippen molar-refractivity contribution in [3.63, 3.8) is 0 Å². The SMILES string of the molecule is CC(C)CCc1ccccc1/C=C/C(=O)O. The van der Waals surface area contributed by atoms with Gasteiger partial charge in [0.25, 0.3) is 0 Å². The van der Waals surface area contributed by atoms with E-state index < -0.39 is 5.97 Å². The highest BCUT2D eigenvalue weighted by molar-refractivity contribution is 5.85. The number of carbonyl (C=O) groups is 1.